The first-order valence-electron chi connectivity index (χ1n) is 9.61. The zero-order chi connectivity index (χ0) is 19.3. The molecule has 0 amide bonds. The van der Waals surface area contributed by atoms with Gasteiger partial charge in [-0.15, -0.1) is 0 Å². The minimum atomic E-state index is -0.574. The summed E-state index contributed by atoms with van der Waals surface area (Å²) in [5, 5.41) is 0. The van der Waals surface area contributed by atoms with Gasteiger partial charge in [-0.1, -0.05) is 30.3 Å². The van der Waals surface area contributed by atoms with E-state index in [0.29, 0.717) is 11.1 Å². The first-order chi connectivity index (χ1) is 13.6. The van der Waals surface area contributed by atoms with Crippen molar-refractivity contribution in [3.05, 3.63) is 87.1 Å². The van der Waals surface area contributed by atoms with Crippen molar-refractivity contribution in [3.8, 4) is 11.3 Å². The van der Waals surface area contributed by atoms with E-state index in [-0.39, 0.29) is 18.3 Å². The van der Waals surface area contributed by atoms with Gasteiger partial charge >= 0.3 is 11.1 Å². The van der Waals surface area contributed by atoms with E-state index in [2.05, 4.69) is 4.98 Å². The van der Waals surface area contributed by atoms with E-state index in [4.69, 9.17) is 0 Å². The molecule has 2 heterocycles. The molecular formula is C22H20FN3O2. The summed E-state index contributed by atoms with van der Waals surface area (Å²) >= 11 is 0. The molecule has 2 aromatic heterocycles. The molecule has 5 nitrogen and oxygen atoms in total. The molecule has 0 spiro atoms. The van der Waals surface area contributed by atoms with Crippen molar-refractivity contribution in [1.82, 2.24) is 14.1 Å². The van der Waals surface area contributed by atoms with Crippen LogP contribution in [-0.2, 0) is 6.54 Å². The quantitative estimate of drug-likeness (QED) is 0.656. The van der Waals surface area contributed by atoms with Crippen molar-refractivity contribution in [2.24, 2.45) is 11.8 Å². The Morgan fingerprint density at radius 1 is 1.00 bits per heavy atom. The molecule has 0 radical (unpaired) electrons. The average Bonchev–Trinajstić information content (AvgIpc) is 3.32. The first kappa shape index (κ1) is 17.1. The molecule has 5 rings (SSSR count). The monoisotopic (exact) mass is 377 g/mol. The summed E-state index contributed by atoms with van der Waals surface area (Å²) in [5.74, 6) is 1.02. The van der Waals surface area contributed by atoms with Crippen molar-refractivity contribution < 1.29 is 4.39 Å². The van der Waals surface area contributed by atoms with Gasteiger partial charge in [-0.3, -0.25) is 14.6 Å². The van der Waals surface area contributed by atoms with Gasteiger partial charge in [0.05, 0.1) is 6.54 Å². The fraction of sp³-hybridized carbons (Fsp3) is 0.318. The number of aromatic nitrogens is 3. The number of fused-ring (bicyclic) bond motifs is 1. The number of benzene rings is 1. The molecule has 2 aliphatic rings. The lowest BCUT2D eigenvalue weighted by molar-refractivity contribution is 0.445. The van der Waals surface area contributed by atoms with Crippen LogP contribution in [0, 0.1) is 17.7 Å². The Bertz CT molecular complexity index is 1140. The highest BCUT2D eigenvalue weighted by molar-refractivity contribution is 5.59. The van der Waals surface area contributed by atoms with E-state index in [1.54, 1.807) is 35.3 Å². The van der Waals surface area contributed by atoms with Gasteiger partial charge in [-0.2, -0.15) is 0 Å². The van der Waals surface area contributed by atoms with E-state index in [9.17, 15) is 14.0 Å². The van der Waals surface area contributed by atoms with Crippen LogP contribution in [0.4, 0.5) is 4.39 Å². The van der Waals surface area contributed by atoms with Crippen molar-refractivity contribution in [2.75, 3.05) is 0 Å². The number of halogens is 1. The molecule has 2 saturated carbocycles. The molecular weight excluding hydrogens is 357 g/mol. The van der Waals surface area contributed by atoms with Crippen LogP contribution in [0.25, 0.3) is 11.3 Å². The topological polar surface area (TPSA) is 56.9 Å². The van der Waals surface area contributed by atoms with Crippen molar-refractivity contribution in [1.29, 1.82) is 0 Å². The molecule has 2 aliphatic carbocycles. The molecule has 1 unspecified atom stereocenters. The van der Waals surface area contributed by atoms with Gasteiger partial charge in [0.1, 0.15) is 11.5 Å². The predicted octanol–water partition coefficient (Wildman–Crippen LogP) is 3.23. The lowest BCUT2D eigenvalue weighted by atomic mass is 10.1. The molecule has 0 saturated heterocycles. The second-order valence-electron chi connectivity index (χ2n) is 7.86. The molecule has 6 heteroatoms. The van der Waals surface area contributed by atoms with Gasteiger partial charge in [-0.05, 0) is 42.7 Å². The Hall–Kier alpha value is -3.02. The molecule has 0 N–H and O–H groups in total. The number of hydrogen-bond donors (Lipinski definition) is 0. The van der Waals surface area contributed by atoms with Crippen molar-refractivity contribution >= 4 is 0 Å². The molecule has 142 valence electrons. The Morgan fingerprint density at radius 2 is 1.75 bits per heavy atom. The normalized spacial score (nSPS) is 22.8. The third kappa shape index (κ3) is 2.99. The summed E-state index contributed by atoms with van der Waals surface area (Å²) in [6.45, 7) is 0.115. The van der Waals surface area contributed by atoms with E-state index in [1.807, 2.05) is 18.2 Å². The summed E-state index contributed by atoms with van der Waals surface area (Å²) in [4.78, 5) is 29.3. The third-order valence-corrected chi connectivity index (χ3v) is 6.00. The van der Waals surface area contributed by atoms with Crippen molar-refractivity contribution in [2.45, 2.75) is 31.8 Å². The van der Waals surface area contributed by atoms with Gasteiger partial charge < -0.3 is 9.13 Å². The van der Waals surface area contributed by atoms with Gasteiger partial charge in [0.2, 0.25) is 0 Å². The zero-order valence-corrected chi connectivity index (χ0v) is 15.3. The second-order valence-corrected chi connectivity index (χ2v) is 7.86. The Morgan fingerprint density at radius 3 is 2.46 bits per heavy atom. The van der Waals surface area contributed by atoms with Gasteiger partial charge in [0, 0.05) is 30.2 Å². The van der Waals surface area contributed by atoms with Gasteiger partial charge in [0.15, 0.2) is 0 Å². The molecule has 3 aromatic rings. The van der Waals surface area contributed by atoms with Crippen LogP contribution in [0.2, 0.25) is 0 Å². The maximum atomic E-state index is 14.5. The first-order valence-corrected chi connectivity index (χ1v) is 9.61. The lowest BCUT2D eigenvalue weighted by Crippen LogP contribution is -2.42. The van der Waals surface area contributed by atoms with Crippen LogP contribution < -0.4 is 11.1 Å². The van der Waals surface area contributed by atoms with Crippen LogP contribution in [0.1, 0.15) is 30.9 Å². The fourth-order valence-corrected chi connectivity index (χ4v) is 4.41. The van der Waals surface area contributed by atoms with Crippen LogP contribution in [0.3, 0.4) is 0 Å². The smallest absolute Gasteiger partial charge is 0.306 e. The maximum absolute atomic E-state index is 14.5. The number of rotatable bonds is 4. The SMILES string of the molecule is O=c1c(=O)n(C2C[C@@H]3C[C@@H]3C2)ccn1Cc1cnc(-c2ccccc2)c(F)c1. The standard InChI is InChI=1S/C22H20FN3O2/c23-19-8-14(12-24-20(19)15-4-2-1-3-5-15)13-25-6-7-26(22(28)21(25)27)18-10-16-9-17(16)11-18/h1-8,12,16-18H,9-11,13H2/t16-,17+,18?. The Balaban J connectivity index is 1.40. The van der Waals surface area contributed by atoms with Gasteiger partial charge in [0.25, 0.3) is 0 Å². The highest BCUT2D eigenvalue weighted by atomic mass is 19.1. The van der Waals surface area contributed by atoms with Crippen LogP contribution in [-0.4, -0.2) is 14.1 Å². The van der Waals surface area contributed by atoms with Crippen molar-refractivity contribution in [3.63, 3.8) is 0 Å². The lowest BCUT2D eigenvalue weighted by Gasteiger charge is -2.16. The summed E-state index contributed by atoms with van der Waals surface area (Å²) in [6, 6.07) is 10.6. The molecule has 0 bridgehead atoms. The third-order valence-electron chi connectivity index (χ3n) is 6.00. The molecule has 2 fully saturated rings. The molecule has 1 aromatic carbocycles. The Labute approximate surface area is 161 Å². The zero-order valence-electron chi connectivity index (χ0n) is 15.3. The minimum absolute atomic E-state index is 0.115. The Kier molecular flexibility index (Phi) is 4.00. The molecule has 0 aliphatic heterocycles. The summed E-state index contributed by atoms with van der Waals surface area (Å²) < 4.78 is 17.4. The highest BCUT2D eigenvalue weighted by Crippen LogP contribution is 2.55. The summed E-state index contributed by atoms with van der Waals surface area (Å²) in [7, 11) is 0. The number of hydrogen-bond acceptors (Lipinski definition) is 3. The molecule has 28 heavy (non-hydrogen) atoms. The van der Waals surface area contributed by atoms with Crippen LogP contribution in [0.15, 0.2) is 64.6 Å². The number of nitrogens with zero attached hydrogens (tertiary/aromatic N) is 3. The average molecular weight is 377 g/mol. The number of pyridine rings is 1. The van der Waals surface area contributed by atoms with Gasteiger partial charge in [-0.25, -0.2) is 4.39 Å². The fourth-order valence-electron chi connectivity index (χ4n) is 4.41. The maximum Gasteiger partial charge on any atom is 0.316 e. The summed E-state index contributed by atoms with van der Waals surface area (Å²) in [5.41, 5.74) is 0.435. The second kappa shape index (κ2) is 6.55. The molecule has 3 atom stereocenters. The van der Waals surface area contributed by atoms with E-state index < -0.39 is 16.9 Å². The summed E-state index contributed by atoms with van der Waals surface area (Å²) in [6.07, 6.45) is 8.11. The van der Waals surface area contributed by atoms with Crippen LogP contribution >= 0.6 is 0 Å². The van der Waals surface area contributed by atoms with E-state index in [1.165, 1.54) is 17.1 Å². The highest BCUT2D eigenvalue weighted by Gasteiger charge is 2.46. The van der Waals surface area contributed by atoms with E-state index in [0.717, 1.165) is 24.7 Å². The van der Waals surface area contributed by atoms with E-state index >= 15 is 0 Å². The largest absolute Gasteiger partial charge is 0.316 e. The predicted molar refractivity (Wildman–Crippen MR) is 104 cm³/mol. The van der Waals surface area contributed by atoms with Crippen LogP contribution in [0.5, 0.6) is 0 Å². The minimum Gasteiger partial charge on any atom is -0.306 e.